The number of nitrogens with one attached hydrogen (secondary N) is 1. The van der Waals surface area contributed by atoms with Crippen LogP contribution in [0.25, 0.3) is 0 Å². The molecule has 1 N–H and O–H groups in total. The number of nitrogens with zero attached hydrogens (tertiary/aromatic N) is 4. The predicted molar refractivity (Wildman–Crippen MR) is 85.9 cm³/mol. The summed E-state index contributed by atoms with van der Waals surface area (Å²) in [4.78, 5) is 31.1. The number of H-pyrrole nitrogens is 1. The van der Waals surface area contributed by atoms with E-state index in [4.69, 9.17) is 0 Å². The number of aromatic amines is 1. The zero-order chi connectivity index (χ0) is 16.2. The van der Waals surface area contributed by atoms with Crippen LogP contribution < -0.4 is 0 Å². The molecule has 23 heavy (non-hydrogen) atoms. The van der Waals surface area contributed by atoms with E-state index >= 15 is 0 Å². The molecule has 7 heteroatoms. The summed E-state index contributed by atoms with van der Waals surface area (Å²) in [7, 11) is 2.08. The minimum absolute atomic E-state index is 0.00884. The molecule has 3 heterocycles. The first-order chi connectivity index (χ1) is 11.1. The topological polar surface area (TPSA) is 72.5 Å². The number of hydrogen-bond donors (Lipinski definition) is 1. The fourth-order valence-corrected chi connectivity index (χ4v) is 3.52. The molecule has 0 bridgehead atoms. The molecule has 0 aromatic carbocycles. The molecule has 0 spiro atoms. The molecule has 1 unspecified atom stereocenters. The molecule has 2 fully saturated rings. The summed E-state index contributed by atoms with van der Waals surface area (Å²) in [6, 6.07) is 0. The van der Waals surface area contributed by atoms with Crippen LogP contribution in [0.3, 0.4) is 0 Å². The lowest BCUT2D eigenvalue weighted by atomic mass is 9.97. The second-order valence-electron chi connectivity index (χ2n) is 6.56. The number of piperidine rings is 1. The van der Waals surface area contributed by atoms with Crippen LogP contribution in [0, 0.1) is 5.92 Å². The third-order valence-electron chi connectivity index (χ3n) is 4.81. The zero-order valence-corrected chi connectivity index (χ0v) is 13.7. The Labute approximate surface area is 136 Å². The third kappa shape index (κ3) is 3.72. The Kier molecular flexibility index (Phi) is 4.95. The number of rotatable bonds is 2. The molecule has 3 rings (SSSR count). The van der Waals surface area contributed by atoms with Gasteiger partial charge < -0.3 is 14.7 Å². The van der Waals surface area contributed by atoms with Gasteiger partial charge in [0.05, 0.1) is 17.7 Å². The highest BCUT2D eigenvalue weighted by Gasteiger charge is 2.30. The van der Waals surface area contributed by atoms with Crippen molar-refractivity contribution in [1.82, 2.24) is 24.9 Å². The summed E-state index contributed by atoms with van der Waals surface area (Å²) in [6.45, 7) is 4.59. The van der Waals surface area contributed by atoms with Crippen molar-refractivity contribution >= 4 is 11.8 Å². The lowest BCUT2D eigenvalue weighted by Gasteiger charge is -2.32. The van der Waals surface area contributed by atoms with Gasteiger partial charge in [0, 0.05) is 38.9 Å². The Morgan fingerprint density at radius 2 is 1.91 bits per heavy atom. The Balaban J connectivity index is 1.57. The van der Waals surface area contributed by atoms with Crippen molar-refractivity contribution in [2.75, 3.05) is 46.3 Å². The lowest BCUT2D eigenvalue weighted by molar-refractivity contribution is -0.137. The Morgan fingerprint density at radius 1 is 1.13 bits per heavy atom. The maximum atomic E-state index is 12.7. The van der Waals surface area contributed by atoms with Crippen molar-refractivity contribution in [3.63, 3.8) is 0 Å². The van der Waals surface area contributed by atoms with Gasteiger partial charge in [-0.3, -0.25) is 14.7 Å². The maximum absolute atomic E-state index is 12.7. The molecule has 1 atom stereocenters. The largest absolute Gasteiger partial charge is 0.341 e. The normalized spacial score (nSPS) is 23.6. The average molecular weight is 319 g/mol. The van der Waals surface area contributed by atoms with Gasteiger partial charge in [-0.15, -0.1) is 0 Å². The molecule has 2 saturated heterocycles. The molecule has 0 aliphatic carbocycles. The molecular weight excluding hydrogens is 294 g/mol. The van der Waals surface area contributed by atoms with Crippen molar-refractivity contribution in [3.8, 4) is 0 Å². The highest BCUT2D eigenvalue weighted by atomic mass is 16.2. The predicted octanol–water partition coefficient (Wildman–Crippen LogP) is 0.426. The van der Waals surface area contributed by atoms with E-state index in [1.807, 2.05) is 9.80 Å². The first-order valence-electron chi connectivity index (χ1n) is 8.40. The summed E-state index contributed by atoms with van der Waals surface area (Å²) in [5, 5.41) is 6.50. The van der Waals surface area contributed by atoms with Gasteiger partial charge in [-0.25, -0.2) is 0 Å². The van der Waals surface area contributed by atoms with Crippen molar-refractivity contribution in [2.24, 2.45) is 5.92 Å². The first kappa shape index (κ1) is 16.0. The van der Waals surface area contributed by atoms with E-state index < -0.39 is 0 Å². The van der Waals surface area contributed by atoms with Crippen LogP contribution >= 0.6 is 0 Å². The number of carbonyl (C=O) groups is 2. The number of likely N-dealkylation sites (tertiary alicyclic amines) is 1. The molecule has 2 amide bonds. The summed E-state index contributed by atoms with van der Waals surface area (Å²) in [5.74, 6) is 0.365. The quantitative estimate of drug-likeness (QED) is 0.858. The first-order valence-corrected chi connectivity index (χ1v) is 8.40. The van der Waals surface area contributed by atoms with Crippen LogP contribution in [0.2, 0.25) is 0 Å². The smallest absolute Gasteiger partial charge is 0.257 e. The van der Waals surface area contributed by atoms with Gasteiger partial charge in [0.2, 0.25) is 5.91 Å². The van der Waals surface area contributed by atoms with Gasteiger partial charge in [0.25, 0.3) is 5.91 Å². The lowest BCUT2D eigenvalue weighted by Crippen LogP contribution is -2.45. The second-order valence-corrected chi connectivity index (χ2v) is 6.56. The summed E-state index contributed by atoms with van der Waals surface area (Å²) < 4.78 is 0. The molecular formula is C16H25N5O2. The summed E-state index contributed by atoms with van der Waals surface area (Å²) >= 11 is 0. The summed E-state index contributed by atoms with van der Waals surface area (Å²) in [6.07, 6.45) is 6.07. The van der Waals surface area contributed by atoms with Crippen molar-refractivity contribution in [2.45, 2.75) is 19.3 Å². The fraction of sp³-hybridized carbons (Fsp3) is 0.688. The molecule has 0 radical (unpaired) electrons. The monoisotopic (exact) mass is 319 g/mol. The SMILES string of the molecule is CN1CCCC(C(=O)N2CCCN(C(=O)c3cn[nH]c3)CC2)C1. The number of carbonyl (C=O) groups excluding carboxylic acids is 2. The molecule has 126 valence electrons. The average Bonchev–Trinajstić information content (AvgIpc) is 2.98. The molecule has 0 saturated carbocycles. The van der Waals surface area contributed by atoms with E-state index in [2.05, 4.69) is 22.1 Å². The maximum Gasteiger partial charge on any atom is 0.257 e. The van der Waals surface area contributed by atoms with Gasteiger partial charge in [0.15, 0.2) is 0 Å². The van der Waals surface area contributed by atoms with Crippen molar-refractivity contribution in [3.05, 3.63) is 18.0 Å². The Morgan fingerprint density at radius 3 is 2.65 bits per heavy atom. The van der Waals surface area contributed by atoms with Crippen molar-refractivity contribution in [1.29, 1.82) is 0 Å². The van der Waals surface area contributed by atoms with Crippen molar-refractivity contribution < 1.29 is 9.59 Å². The van der Waals surface area contributed by atoms with E-state index in [0.717, 1.165) is 38.9 Å². The van der Waals surface area contributed by atoms with E-state index in [1.54, 1.807) is 12.4 Å². The second kappa shape index (κ2) is 7.12. The van der Waals surface area contributed by atoms with Crippen LogP contribution in [0.5, 0.6) is 0 Å². The highest BCUT2D eigenvalue weighted by Crippen LogP contribution is 2.19. The number of hydrogen-bond acceptors (Lipinski definition) is 4. The van der Waals surface area contributed by atoms with E-state index in [-0.39, 0.29) is 17.7 Å². The minimum Gasteiger partial charge on any atom is -0.341 e. The molecule has 2 aliphatic rings. The van der Waals surface area contributed by atoms with E-state index in [1.165, 1.54) is 0 Å². The fourth-order valence-electron chi connectivity index (χ4n) is 3.52. The van der Waals surface area contributed by atoms with Crippen LogP contribution in [-0.4, -0.2) is 83.0 Å². The van der Waals surface area contributed by atoms with Gasteiger partial charge in [-0.2, -0.15) is 5.10 Å². The molecule has 2 aliphatic heterocycles. The van der Waals surface area contributed by atoms with Gasteiger partial charge in [-0.1, -0.05) is 0 Å². The Hall–Kier alpha value is -1.89. The summed E-state index contributed by atoms with van der Waals surface area (Å²) in [5.41, 5.74) is 0.582. The van der Waals surface area contributed by atoms with E-state index in [0.29, 0.717) is 25.2 Å². The van der Waals surface area contributed by atoms with Crippen LogP contribution in [-0.2, 0) is 4.79 Å². The van der Waals surface area contributed by atoms with Gasteiger partial charge >= 0.3 is 0 Å². The van der Waals surface area contributed by atoms with Gasteiger partial charge in [0.1, 0.15) is 0 Å². The zero-order valence-electron chi connectivity index (χ0n) is 13.7. The van der Waals surface area contributed by atoms with Crippen LogP contribution in [0.1, 0.15) is 29.6 Å². The standard InChI is InChI=1S/C16H25N5O2/c1-19-5-2-4-13(12-19)15(22)20-6-3-7-21(9-8-20)16(23)14-10-17-18-11-14/h10-11,13H,2-9,12H2,1H3,(H,17,18). The minimum atomic E-state index is -0.00884. The van der Waals surface area contributed by atoms with Crippen LogP contribution in [0.15, 0.2) is 12.4 Å². The van der Waals surface area contributed by atoms with E-state index in [9.17, 15) is 9.59 Å². The molecule has 7 nitrogen and oxygen atoms in total. The highest BCUT2D eigenvalue weighted by molar-refractivity contribution is 5.93. The Bertz CT molecular complexity index is 545. The molecule has 1 aromatic rings. The number of amides is 2. The molecule has 1 aromatic heterocycles. The number of aromatic nitrogens is 2. The van der Waals surface area contributed by atoms with Gasteiger partial charge in [-0.05, 0) is 32.9 Å². The third-order valence-corrected chi connectivity index (χ3v) is 4.81. The van der Waals surface area contributed by atoms with Crippen LogP contribution in [0.4, 0.5) is 0 Å².